The topological polar surface area (TPSA) is 44.8 Å². The molecule has 2 aromatic rings. The Morgan fingerprint density at radius 3 is 2.59 bits per heavy atom. The number of carbonyl (C=O) groups excluding carboxylic acids is 1. The number of rotatable bonds is 9. The number of halogens is 1. The van der Waals surface area contributed by atoms with Gasteiger partial charge in [0.15, 0.2) is 0 Å². The van der Waals surface area contributed by atoms with Crippen molar-refractivity contribution in [3.8, 4) is 5.75 Å². The van der Waals surface area contributed by atoms with Crippen LogP contribution in [0.3, 0.4) is 0 Å². The van der Waals surface area contributed by atoms with Crippen molar-refractivity contribution in [2.24, 2.45) is 0 Å². The molecule has 1 N–H and O–H groups in total. The third-order valence-corrected chi connectivity index (χ3v) is 5.96. The fourth-order valence-electron chi connectivity index (χ4n) is 3.36. The molecule has 1 aliphatic rings. The lowest BCUT2D eigenvalue weighted by Gasteiger charge is -2.36. The number of methoxy groups -OCH3 is 1. The minimum absolute atomic E-state index is 0.0437. The van der Waals surface area contributed by atoms with Crippen molar-refractivity contribution in [1.82, 2.24) is 10.2 Å². The van der Waals surface area contributed by atoms with Crippen LogP contribution < -0.4 is 15.0 Å². The second-order valence-electron chi connectivity index (χ2n) is 6.93. The number of amides is 1. The van der Waals surface area contributed by atoms with Crippen LogP contribution in [-0.4, -0.2) is 62.9 Å². The van der Waals surface area contributed by atoms with Gasteiger partial charge in [-0.1, -0.05) is 30.3 Å². The molecule has 29 heavy (non-hydrogen) atoms. The summed E-state index contributed by atoms with van der Waals surface area (Å²) in [6.07, 6.45) is 0. The summed E-state index contributed by atoms with van der Waals surface area (Å²) in [5.74, 6) is 2.14. The fraction of sp³-hybridized carbons (Fsp3) is 0.409. The Bertz CT molecular complexity index is 797. The van der Waals surface area contributed by atoms with E-state index in [1.807, 2.05) is 24.3 Å². The molecule has 0 saturated carbocycles. The Balaban J connectivity index is 1.32. The summed E-state index contributed by atoms with van der Waals surface area (Å²) in [5, 5.41) is 2.96. The summed E-state index contributed by atoms with van der Waals surface area (Å²) in [4.78, 5) is 16.7. The first-order valence-corrected chi connectivity index (χ1v) is 11.0. The predicted octanol–water partition coefficient (Wildman–Crippen LogP) is 3.01. The summed E-state index contributed by atoms with van der Waals surface area (Å²) in [6, 6.07) is 14.8. The van der Waals surface area contributed by atoms with Crippen molar-refractivity contribution in [3.63, 3.8) is 0 Å². The number of ether oxygens (including phenoxy) is 1. The van der Waals surface area contributed by atoms with E-state index in [1.165, 1.54) is 6.07 Å². The number of para-hydroxylation sites is 2. The molecule has 0 spiro atoms. The van der Waals surface area contributed by atoms with Crippen molar-refractivity contribution < 1.29 is 13.9 Å². The van der Waals surface area contributed by atoms with Gasteiger partial charge in [-0.3, -0.25) is 9.69 Å². The summed E-state index contributed by atoms with van der Waals surface area (Å²) in [6.45, 7) is 4.43. The van der Waals surface area contributed by atoms with Gasteiger partial charge in [-0.25, -0.2) is 4.39 Å². The number of nitrogens with zero attached hydrogens (tertiary/aromatic N) is 2. The third-order valence-electron chi connectivity index (χ3n) is 4.95. The van der Waals surface area contributed by atoms with Crippen LogP contribution >= 0.6 is 11.8 Å². The van der Waals surface area contributed by atoms with Crippen molar-refractivity contribution in [1.29, 1.82) is 0 Å². The normalized spacial score (nSPS) is 14.6. The lowest BCUT2D eigenvalue weighted by molar-refractivity contribution is -0.122. The van der Waals surface area contributed by atoms with Gasteiger partial charge in [-0.05, 0) is 23.8 Å². The highest BCUT2D eigenvalue weighted by molar-refractivity contribution is 7.98. The fourth-order valence-corrected chi connectivity index (χ4v) is 4.20. The first kappa shape index (κ1) is 21.5. The van der Waals surface area contributed by atoms with Crippen LogP contribution in [0.15, 0.2) is 48.5 Å². The molecular weight excluding hydrogens is 389 g/mol. The number of anilines is 1. The highest BCUT2D eigenvalue weighted by atomic mass is 32.2. The van der Waals surface area contributed by atoms with E-state index < -0.39 is 0 Å². The maximum atomic E-state index is 13.6. The van der Waals surface area contributed by atoms with Crippen LogP contribution in [0, 0.1) is 5.82 Å². The zero-order chi connectivity index (χ0) is 20.5. The van der Waals surface area contributed by atoms with E-state index >= 15 is 0 Å². The SMILES string of the molecule is COc1ccccc1N1CCN(CC(=O)NCCSCc2ccccc2F)CC1. The van der Waals surface area contributed by atoms with Crippen LogP contribution in [0.1, 0.15) is 5.56 Å². The lowest BCUT2D eigenvalue weighted by Crippen LogP contribution is -2.49. The molecule has 0 unspecified atom stereocenters. The second-order valence-corrected chi connectivity index (χ2v) is 8.03. The van der Waals surface area contributed by atoms with Gasteiger partial charge in [0.2, 0.25) is 5.91 Å². The maximum absolute atomic E-state index is 13.6. The van der Waals surface area contributed by atoms with E-state index in [0.29, 0.717) is 24.4 Å². The van der Waals surface area contributed by atoms with Gasteiger partial charge in [-0.15, -0.1) is 0 Å². The Hall–Kier alpha value is -2.25. The van der Waals surface area contributed by atoms with Gasteiger partial charge in [0.1, 0.15) is 11.6 Å². The van der Waals surface area contributed by atoms with Crippen LogP contribution in [0.25, 0.3) is 0 Å². The Kier molecular flexibility index (Phi) is 8.19. The first-order chi connectivity index (χ1) is 14.2. The molecule has 0 aliphatic carbocycles. The molecule has 0 radical (unpaired) electrons. The first-order valence-electron chi connectivity index (χ1n) is 9.85. The van der Waals surface area contributed by atoms with E-state index in [4.69, 9.17) is 4.74 Å². The van der Waals surface area contributed by atoms with Gasteiger partial charge < -0.3 is 15.0 Å². The number of benzene rings is 2. The standard InChI is InChI=1S/C22H28FN3O2S/c1-28-21-9-5-4-8-20(21)26-13-11-25(12-14-26)16-22(27)24-10-15-29-17-18-6-2-3-7-19(18)23/h2-9H,10-17H2,1H3,(H,24,27). The molecule has 0 aromatic heterocycles. The highest BCUT2D eigenvalue weighted by Gasteiger charge is 2.20. The molecular formula is C22H28FN3O2S. The summed E-state index contributed by atoms with van der Waals surface area (Å²) < 4.78 is 19.0. The molecule has 2 aromatic carbocycles. The number of piperazine rings is 1. The van der Waals surface area contributed by atoms with Crippen LogP contribution in [0.5, 0.6) is 5.75 Å². The largest absolute Gasteiger partial charge is 0.495 e. The van der Waals surface area contributed by atoms with Crippen LogP contribution in [-0.2, 0) is 10.5 Å². The third kappa shape index (κ3) is 6.37. The van der Waals surface area contributed by atoms with E-state index in [2.05, 4.69) is 21.2 Å². The quantitative estimate of drug-likeness (QED) is 0.636. The molecule has 1 heterocycles. The van der Waals surface area contributed by atoms with E-state index in [-0.39, 0.29) is 11.7 Å². The molecule has 1 amide bonds. The monoisotopic (exact) mass is 417 g/mol. The van der Waals surface area contributed by atoms with Crippen LogP contribution in [0.4, 0.5) is 10.1 Å². The average Bonchev–Trinajstić information content (AvgIpc) is 2.75. The minimum Gasteiger partial charge on any atom is -0.495 e. The van der Waals surface area contributed by atoms with Crippen molar-refractivity contribution >= 4 is 23.4 Å². The van der Waals surface area contributed by atoms with Crippen molar-refractivity contribution in [2.45, 2.75) is 5.75 Å². The number of thioether (sulfide) groups is 1. The summed E-state index contributed by atoms with van der Waals surface area (Å²) in [7, 11) is 1.69. The Morgan fingerprint density at radius 2 is 1.83 bits per heavy atom. The van der Waals surface area contributed by atoms with Crippen molar-refractivity contribution in [2.75, 3.05) is 57.0 Å². The second kappa shape index (κ2) is 11.1. The molecule has 1 saturated heterocycles. The van der Waals surface area contributed by atoms with Crippen molar-refractivity contribution in [3.05, 3.63) is 59.9 Å². The number of nitrogens with one attached hydrogen (secondary N) is 1. The van der Waals surface area contributed by atoms with E-state index in [0.717, 1.165) is 43.4 Å². The number of hydrogen-bond acceptors (Lipinski definition) is 5. The van der Waals surface area contributed by atoms with Gasteiger partial charge in [-0.2, -0.15) is 11.8 Å². The number of hydrogen-bond donors (Lipinski definition) is 1. The maximum Gasteiger partial charge on any atom is 0.234 e. The van der Waals surface area contributed by atoms with Crippen LogP contribution in [0.2, 0.25) is 0 Å². The molecule has 7 heteroatoms. The molecule has 3 rings (SSSR count). The lowest BCUT2D eigenvalue weighted by atomic mass is 10.2. The number of carbonyl (C=O) groups is 1. The highest BCUT2D eigenvalue weighted by Crippen LogP contribution is 2.28. The van der Waals surface area contributed by atoms with E-state index in [9.17, 15) is 9.18 Å². The zero-order valence-electron chi connectivity index (χ0n) is 16.8. The molecule has 0 bridgehead atoms. The van der Waals surface area contributed by atoms with Gasteiger partial charge >= 0.3 is 0 Å². The smallest absolute Gasteiger partial charge is 0.234 e. The molecule has 156 valence electrons. The molecule has 5 nitrogen and oxygen atoms in total. The average molecular weight is 418 g/mol. The predicted molar refractivity (Wildman–Crippen MR) is 117 cm³/mol. The van der Waals surface area contributed by atoms with Gasteiger partial charge in [0.05, 0.1) is 19.3 Å². The van der Waals surface area contributed by atoms with Gasteiger partial charge in [0, 0.05) is 44.2 Å². The zero-order valence-corrected chi connectivity index (χ0v) is 17.6. The molecule has 1 fully saturated rings. The summed E-state index contributed by atoms with van der Waals surface area (Å²) >= 11 is 1.62. The minimum atomic E-state index is -0.170. The molecule has 0 atom stereocenters. The molecule has 1 aliphatic heterocycles. The Morgan fingerprint density at radius 1 is 1.10 bits per heavy atom. The Labute approximate surface area is 176 Å². The van der Waals surface area contributed by atoms with Gasteiger partial charge in [0.25, 0.3) is 0 Å². The van der Waals surface area contributed by atoms with E-state index in [1.54, 1.807) is 31.0 Å². The summed E-state index contributed by atoms with van der Waals surface area (Å²) in [5.41, 5.74) is 1.81.